The number of aryl methyl sites for hydroxylation is 2. The summed E-state index contributed by atoms with van der Waals surface area (Å²) in [5.41, 5.74) is 1.66. The van der Waals surface area contributed by atoms with E-state index >= 15 is 0 Å². The van der Waals surface area contributed by atoms with Crippen LogP contribution in [0.2, 0.25) is 0 Å². The molecule has 2 heterocycles. The van der Waals surface area contributed by atoms with Crippen LogP contribution in [0.15, 0.2) is 24.3 Å². The number of anilines is 1. The van der Waals surface area contributed by atoms with Crippen molar-refractivity contribution in [2.75, 3.05) is 11.4 Å². The van der Waals surface area contributed by atoms with Gasteiger partial charge < -0.3 is 15.0 Å². The molecule has 1 aliphatic rings. The predicted molar refractivity (Wildman–Crippen MR) is 102 cm³/mol. The van der Waals surface area contributed by atoms with Gasteiger partial charge >= 0.3 is 0 Å². The molecule has 3 rings (SSSR count). The van der Waals surface area contributed by atoms with Crippen molar-refractivity contribution < 1.29 is 14.3 Å². The van der Waals surface area contributed by atoms with E-state index in [1.807, 2.05) is 45.0 Å². The Bertz CT molecular complexity index is 833. The largest absolute Gasteiger partial charge is 0.479 e. The minimum absolute atomic E-state index is 0.0904. The van der Waals surface area contributed by atoms with Crippen molar-refractivity contribution in [1.82, 2.24) is 10.3 Å². The number of carbonyl (C=O) groups excluding carboxylic acids is 2. The van der Waals surface area contributed by atoms with Crippen LogP contribution < -0.4 is 15.0 Å². The third-order valence-electron chi connectivity index (χ3n) is 4.35. The number of nitrogens with one attached hydrogen (secondary N) is 1. The number of rotatable bonds is 5. The smallest absolute Gasteiger partial charge is 0.267 e. The van der Waals surface area contributed by atoms with Crippen molar-refractivity contribution in [3.8, 4) is 5.75 Å². The molecule has 1 N–H and O–H groups in total. The zero-order valence-electron chi connectivity index (χ0n) is 15.4. The van der Waals surface area contributed by atoms with Crippen molar-refractivity contribution in [2.45, 2.75) is 46.3 Å². The van der Waals surface area contributed by atoms with E-state index in [1.54, 1.807) is 23.2 Å². The lowest BCUT2D eigenvalue weighted by Crippen LogP contribution is -2.45. The average molecular weight is 373 g/mol. The van der Waals surface area contributed by atoms with Crippen molar-refractivity contribution in [2.24, 2.45) is 0 Å². The van der Waals surface area contributed by atoms with Gasteiger partial charge in [-0.1, -0.05) is 12.1 Å². The summed E-state index contributed by atoms with van der Waals surface area (Å²) < 4.78 is 5.62. The van der Waals surface area contributed by atoms with E-state index in [4.69, 9.17) is 4.74 Å². The fourth-order valence-corrected chi connectivity index (χ4v) is 4.06. The first-order chi connectivity index (χ1) is 12.4. The number of nitrogens with zero attached hydrogens (tertiary/aromatic N) is 2. The highest BCUT2D eigenvalue weighted by molar-refractivity contribution is 7.11. The van der Waals surface area contributed by atoms with E-state index in [2.05, 4.69) is 10.3 Å². The lowest BCUT2D eigenvalue weighted by Gasteiger charge is -2.32. The second-order valence-corrected chi connectivity index (χ2v) is 7.67. The molecule has 6 nitrogen and oxygen atoms in total. The highest BCUT2D eigenvalue weighted by atomic mass is 32.1. The van der Waals surface area contributed by atoms with Crippen molar-refractivity contribution >= 4 is 28.8 Å². The predicted octanol–water partition coefficient (Wildman–Crippen LogP) is 3.14. The highest BCUT2D eigenvalue weighted by Gasteiger charge is 2.31. The van der Waals surface area contributed by atoms with Crippen molar-refractivity contribution in [3.63, 3.8) is 0 Å². The van der Waals surface area contributed by atoms with Gasteiger partial charge in [0.05, 0.1) is 22.4 Å². The molecule has 2 atom stereocenters. The van der Waals surface area contributed by atoms with Gasteiger partial charge in [-0.15, -0.1) is 11.3 Å². The maximum absolute atomic E-state index is 12.5. The van der Waals surface area contributed by atoms with Gasteiger partial charge in [-0.05, 0) is 39.8 Å². The number of hydrogen-bond donors (Lipinski definition) is 1. The quantitative estimate of drug-likeness (QED) is 0.874. The summed E-state index contributed by atoms with van der Waals surface area (Å²) in [6, 6.07) is 7.30. The molecule has 0 bridgehead atoms. The zero-order chi connectivity index (χ0) is 18.8. The molecular weight excluding hydrogens is 350 g/mol. The van der Waals surface area contributed by atoms with Crippen LogP contribution in [-0.4, -0.2) is 29.4 Å². The maximum atomic E-state index is 12.5. The van der Waals surface area contributed by atoms with Crippen LogP contribution in [-0.2, 0) is 9.59 Å². The highest BCUT2D eigenvalue weighted by Crippen LogP contribution is 2.33. The summed E-state index contributed by atoms with van der Waals surface area (Å²) in [6.45, 7) is 7.91. The number of fused-ring (bicyclic) bond motifs is 1. The molecule has 7 heteroatoms. The third kappa shape index (κ3) is 3.72. The SMILES string of the molecule is Cc1nc(C)c([C@H](C)NC(=O)CCN2C(=O)[C@H](C)Oc3ccccc32)s1. The van der Waals surface area contributed by atoms with Crippen molar-refractivity contribution in [3.05, 3.63) is 39.8 Å². The normalized spacial score (nSPS) is 17.5. The molecule has 0 spiro atoms. The Kier molecular flexibility index (Phi) is 5.27. The Hall–Kier alpha value is -2.41. The number of aromatic nitrogens is 1. The summed E-state index contributed by atoms with van der Waals surface area (Å²) in [6.07, 6.45) is -0.316. The molecule has 0 aliphatic carbocycles. The molecule has 0 unspecified atom stereocenters. The standard InChI is InChI=1S/C19H23N3O3S/c1-11-18(26-14(4)20-11)12(2)21-17(23)9-10-22-15-7-5-6-8-16(15)25-13(3)19(22)24/h5-8,12-13H,9-10H2,1-4H3,(H,21,23)/t12-,13-/m0/s1. The van der Waals surface area contributed by atoms with Gasteiger partial charge in [-0.2, -0.15) is 0 Å². The van der Waals surface area contributed by atoms with Gasteiger partial charge in [0.2, 0.25) is 5.91 Å². The van der Waals surface area contributed by atoms with Gasteiger partial charge in [0.1, 0.15) is 5.75 Å². The number of carbonyl (C=O) groups is 2. The van der Waals surface area contributed by atoms with Crippen LogP contribution in [0.3, 0.4) is 0 Å². The van der Waals surface area contributed by atoms with Gasteiger partial charge in [-0.3, -0.25) is 9.59 Å². The van der Waals surface area contributed by atoms with E-state index in [1.165, 1.54) is 0 Å². The topological polar surface area (TPSA) is 71.5 Å². The molecule has 1 aliphatic heterocycles. The Morgan fingerprint density at radius 1 is 1.38 bits per heavy atom. The molecule has 138 valence electrons. The van der Waals surface area contributed by atoms with Crippen LogP contribution >= 0.6 is 11.3 Å². The number of hydrogen-bond acceptors (Lipinski definition) is 5. The molecular formula is C19H23N3O3S. The van der Waals surface area contributed by atoms with Gasteiger partial charge in [0.15, 0.2) is 6.10 Å². The summed E-state index contributed by atoms with van der Waals surface area (Å²) in [7, 11) is 0. The summed E-state index contributed by atoms with van der Waals surface area (Å²) in [5, 5.41) is 3.99. The average Bonchev–Trinajstić information content (AvgIpc) is 2.94. The van der Waals surface area contributed by atoms with E-state index in [0.717, 1.165) is 15.6 Å². The Labute approximate surface area is 157 Å². The first kappa shape index (κ1) is 18.4. The van der Waals surface area contributed by atoms with Crippen LogP contribution in [0.4, 0.5) is 5.69 Å². The lowest BCUT2D eigenvalue weighted by atomic mass is 10.1. The van der Waals surface area contributed by atoms with Gasteiger partial charge in [-0.25, -0.2) is 4.98 Å². The van der Waals surface area contributed by atoms with Crippen LogP contribution in [0, 0.1) is 13.8 Å². The van der Waals surface area contributed by atoms with Gasteiger partial charge in [0.25, 0.3) is 5.91 Å². The Morgan fingerprint density at radius 3 is 2.81 bits per heavy atom. The molecule has 1 aromatic heterocycles. The fourth-order valence-electron chi connectivity index (χ4n) is 3.13. The second-order valence-electron chi connectivity index (χ2n) is 6.44. The van der Waals surface area contributed by atoms with E-state index < -0.39 is 6.10 Å². The third-order valence-corrected chi connectivity index (χ3v) is 5.60. The molecule has 2 amide bonds. The minimum atomic E-state index is -0.547. The number of thiazole rings is 1. The molecule has 26 heavy (non-hydrogen) atoms. The summed E-state index contributed by atoms with van der Waals surface area (Å²) >= 11 is 1.60. The molecule has 0 saturated carbocycles. The summed E-state index contributed by atoms with van der Waals surface area (Å²) in [5.74, 6) is 0.454. The van der Waals surface area contributed by atoms with Crippen LogP contribution in [0.1, 0.15) is 41.9 Å². The van der Waals surface area contributed by atoms with Crippen molar-refractivity contribution in [1.29, 1.82) is 0 Å². The van der Waals surface area contributed by atoms with E-state index in [0.29, 0.717) is 18.0 Å². The minimum Gasteiger partial charge on any atom is -0.479 e. The zero-order valence-corrected chi connectivity index (χ0v) is 16.2. The number of benzene rings is 1. The second kappa shape index (κ2) is 7.45. The number of ether oxygens (including phenoxy) is 1. The molecule has 0 radical (unpaired) electrons. The monoisotopic (exact) mass is 373 g/mol. The molecule has 2 aromatic rings. The molecule has 0 saturated heterocycles. The fraction of sp³-hybridized carbons (Fsp3) is 0.421. The molecule has 1 aromatic carbocycles. The van der Waals surface area contributed by atoms with E-state index in [9.17, 15) is 9.59 Å². The van der Waals surface area contributed by atoms with Gasteiger partial charge in [0, 0.05) is 17.8 Å². The Balaban J connectivity index is 1.64. The summed E-state index contributed by atoms with van der Waals surface area (Å²) in [4.78, 5) is 32.0. The first-order valence-corrected chi connectivity index (χ1v) is 9.49. The number of amides is 2. The van der Waals surface area contributed by atoms with E-state index in [-0.39, 0.29) is 24.3 Å². The Morgan fingerprint density at radius 2 is 2.12 bits per heavy atom. The lowest BCUT2D eigenvalue weighted by molar-refractivity contribution is -0.125. The first-order valence-electron chi connectivity index (χ1n) is 8.67. The van der Waals surface area contributed by atoms with Crippen LogP contribution in [0.25, 0.3) is 0 Å². The maximum Gasteiger partial charge on any atom is 0.267 e. The van der Waals surface area contributed by atoms with Crippen LogP contribution in [0.5, 0.6) is 5.75 Å². The number of para-hydroxylation sites is 2. The molecule has 0 fully saturated rings.